The largest absolute Gasteiger partial charge is 0.497 e. The lowest BCUT2D eigenvalue weighted by molar-refractivity contribution is -0.136. The van der Waals surface area contributed by atoms with Crippen LogP contribution in [0.1, 0.15) is 6.92 Å². The molecule has 0 spiro atoms. The topological polar surface area (TPSA) is 54.0 Å². The number of carbonyl (C=O) groups excluding carboxylic acids is 1. The fourth-order valence-corrected chi connectivity index (χ4v) is 1.78. The van der Waals surface area contributed by atoms with E-state index in [2.05, 4.69) is 0 Å². The Hall–Kier alpha value is -2.69. The van der Waals surface area contributed by atoms with Crippen LogP contribution >= 0.6 is 0 Å². The molecule has 0 radical (unpaired) electrons. The fraction of sp³-hybridized carbons (Fsp3) is 0.235. The third-order valence-electron chi connectivity index (χ3n) is 2.79. The zero-order valence-electron chi connectivity index (χ0n) is 12.6. The van der Waals surface area contributed by atoms with Gasteiger partial charge in [-0.1, -0.05) is 12.1 Å². The third-order valence-corrected chi connectivity index (χ3v) is 2.79. The van der Waals surface area contributed by atoms with Crippen molar-refractivity contribution in [1.29, 1.82) is 0 Å². The summed E-state index contributed by atoms with van der Waals surface area (Å²) in [6.45, 7) is 2.18. The minimum Gasteiger partial charge on any atom is -0.497 e. The highest BCUT2D eigenvalue weighted by Crippen LogP contribution is 2.26. The summed E-state index contributed by atoms with van der Waals surface area (Å²) < 4.78 is 21.1. The van der Waals surface area contributed by atoms with Gasteiger partial charge in [0, 0.05) is 0 Å². The van der Waals surface area contributed by atoms with E-state index >= 15 is 0 Å². The maximum Gasteiger partial charge on any atom is 0.349 e. The van der Waals surface area contributed by atoms with Crippen molar-refractivity contribution >= 4 is 5.97 Å². The average Bonchev–Trinajstić information content (AvgIpc) is 2.55. The van der Waals surface area contributed by atoms with Gasteiger partial charge in [-0.15, -0.1) is 0 Å². The van der Waals surface area contributed by atoms with E-state index in [9.17, 15) is 4.79 Å². The molecule has 0 amide bonds. The highest BCUT2D eigenvalue weighted by molar-refractivity contribution is 5.74. The predicted octanol–water partition coefficient (Wildman–Crippen LogP) is 3.08. The Morgan fingerprint density at radius 3 is 2.18 bits per heavy atom. The van der Waals surface area contributed by atoms with Gasteiger partial charge in [0.05, 0.1) is 13.7 Å². The van der Waals surface area contributed by atoms with Gasteiger partial charge in [-0.3, -0.25) is 0 Å². The standard InChI is InChI=1S/C17H18O5/c1-3-20-15-6-4-5-7-16(15)22-17(18)12-21-14-10-8-13(19-2)9-11-14/h4-11H,3,12H2,1-2H3. The van der Waals surface area contributed by atoms with Crippen LogP contribution in [-0.4, -0.2) is 26.3 Å². The van der Waals surface area contributed by atoms with Crippen LogP contribution in [-0.2, 0) is 4.79 Å². The van der Waals surface area contributed by atoms with Gasteiger partial charge >= 0.3 is 5.97 Å². The molecule has 5 nitrogen and oxygen atoms in total. The van der Waals surface area contributed by atoms with Crippen molar-refractivity contribution in [3.63, 3.8) is 0 Å². The van der Waals surface area contributed by atoms with E-state index in [-0.39, 0.29) is 6.61 Å². The summed E-state index contributed by atoms with van der Waals surface area (Å²) in [6, 6.07) is 14.0. The van der Waals surface area contributed by atoms with Crippen LogP contribution in [0.2, 0.25) is 0 Å². The molecule has 0 N–H and O–H groups in total. The number of hydrogen-bond donors (Lipinski definition) is 0. The first-order valence-corrected chi connectivity index (χ1v) is 6.92. The molecule has 5 heteroatoms. The number of carbonyl (C=O) groups is 1. The van der Waals surface area contributed by atoms with Crippen LogP contribution < -0.4 is 18.9 Å². The normalized spacial score (nSPS) is 9.91. The molecule has 0 aromatic heterocycles. The first-order chi connectivity index (χ1) is 10.7. The molecular weight excluding hydrogens is 284 g/mol. The van der Waals surface area contributed by atoms with E-state index < -0.39 is 5.97 Å². The SMILES string of the molecule is CCOc1ccccc1OC(=O)COc1ccc(OC)cc1. The van der Waals surface area contributed by atoms with Crippen molar-refractivity contribution in [2.45, 2.75) is 6.92 Å². The van der Waals surface area contributed by atoms with E-state index in [0.29, 0.717) is 23.9 Å². The number of para-hydroxylation sites is 2. The van der Waals surface area contributed by atoms with Crippen LogP contribution in [0, 0.1) is 0 Å². The molecule has 0 atom stereocenters. The quantitative estimate of drug-likeness (QED) is 0.581. The summed E-state index contributed by atoms with van der Waals surface area (Å²) in [7, 11) is 1.59. The van der Waals surface area contributed by atoms with Crippen LogP contribution in [0.3, 0.4) is 0 Å². The van der Waals surface area contributed by atoms with E-state index in [1.54, 1.807) is 49.6 Å². The molecule has 0 aliphatic carbocycles. The average molecular weight is 302 g/mol. The maximum atomic E-state index is 11.8. The minimum atomic E-state index is -0.497. The van der Waals surface area contributed by atoms with Gasteiger partial charge in [0.2, 0.25) is 0 Å². The highest BCUT2D eigenvalue weighted by atomic mass is 16.6. The summed E-state index contributed by atoms with van der Waals surface area (Å²) in [4.78, 5) is 11.8. The van der Waals surface area contributed by atoms with Gasteiger partial charge < -0.3 is 18.9 Å². The molecule has 0 saturated carbocycles. The van der Waals surface area contributed by atoms with Gasteiger partial charge in [-0.05, 0) is 43.3 Å². The summed E-state index contributed by atoms with van der Waals surface area (Å²) in [5, 5.41) is 0. The van der Waals surface area contributed by atoms with Gasteiger partial charge in [-0.2, -0.15) is 0 Å². The predicted molar refractivity (Wildman–Crippen MR) is 81.7 cm³/mol. The Balaban J connectivity index is 1.90. The molecule has 0 heterocycles. The van der Waals surface area contributed by atoms with Gasteiger partial charge in [0.1, 0.15) is 11.5 Å². The van der Waals surface area contributed by atoms with Gasteiger partial charge in [-0.25, -0.2) is 4.79 Å². The molecule has 0 aliphatic heterocycles. The second kappa shape index (κ2) is 7.93. The number of hydrogen-bond acceptors (Lipinski definition) is 5. The summed E-state index contributed by atoms with van der Waals surface area (Å²) in [6.07, 6.45) is 0. The molecule has 116 valence electrons. The Morgan fingerprint density at radius 2 is 1.55 bits per heavy atom. The van der Waals surface area contributed by atoms with Crippen LogP contribution in [0.4, 0.5) is 0 Å². The van der Waals surface area contributed by atoms with Crippen molar-refractivity contribution in [2.75, 3.05) is 20.3 Å². The van der Waals surface area contributed by atoms with Crippen molar-refractivity contribution in [3.8, 4) is 23.0 Å². The molecular formula is C17H18O5. The molecule has 0 bridgehead atoms. The molecule has 0 unspecified atom stereocenters. The van der Waals surface area contributed by atoms with Crippen LogP contribution in [0.25, 0.3) is 0 Å². The van der Waals surface area contributed by atoms with Gasteiger partial charge in [0.25, 0.3) is 0 Å². The molecule has 2 aromatic carbocycles. The van der Waals surface area contributed by atoms with Crippen molar-refractivity contribution in [3.05, 3.63) is 48.5 Å². The van der Waals surface area contributed by atoms with E-state index in [1.807, 2.05) is 13.0 Å². The summed E-state index contributed by atoms with van der Waals surface area (Å²) in [5.41, 5.74) is 0. The molecule has 0 fully saturated rings. The zero-order chi connectivity index (χ0) is 15.8. The molecule has 0 aliphatic rings. The van der Waals surface area contributed by atoms with E-state index in [1.165, 1.54) is 0 Å². The van der Waals surface area contributed by atoms with Crippen molar-refractivity contribution < 1.29 is 23.7 Å². The van der Waals surface area contributed by atoms with Crippen molar-refractivity contribution in [2.24, 2.45) is 0 Å². The number of methoxy groups -OCH3 is 1. The summed E-state index contributed by atoms with van der Waals surface area (Å²) in [5.74, 6) is 1.70. The lowest BCUT2D eigenvalue weighted by atomic mass is 10.3. The number of rotatable bonds is 7. The number of ether oxygens (including phenoxy) is 4. The molecule has 0 saturated heterocycles. The minimum absolute atomic E-state index is 0.188. The number of benzene rings is 2. The molecule has 2 aromatic rings. The van der Waals surface area contributed by atoms with E-state index in [0.717, 1.165) is 5.75 Å². The van der Waals surface area contributed by atoms with E-state index in [4.69, 9.17) is 18.9 Å². The second-order valence-corrected chi connectivity index (χ2v) is 4.32. The van der Waals surface area contributed by atoms with Crippen LogP contribution in [0.5, 0.6) is 23.0 Å². The fourth-order valence-electron chi connectivity index (χ4n) is 1.78. The van der Waals surface area contributed by atoms with Gasteiger partial charge in [0.15, 0.2) is 18.1 Å². The first kappa shape index (κ1) is 15.7. The van der Waals surface area contributed by atoms with Crippen molar-refractivity contribution in [1.82, 2.24) is 0 Å². The Kier molecular flexibility index (Phi) is 5.65. The maximum absolute atomic E-state index is 11.8. The number of esters is 1. The Labute approximate surface area is 129 Å². The monoisotopic (exact) mass is 302 g/mol. The zero-order valence-corrected chi connectivity index (χ0v) is 12.6. The van der Waals surface area contributed by atoms with Crippen LogP contribution in [0.15, 0.2) is 48.5 Å². The molecule has 22 heavy (non-hydrogen) atoms. The smallest absolute Gasteiger partial charge is 0.349 e. The Morgan fingerprint density at radius 1 is 0.909 bits per heavy atom. The third kappa shape index (κ3) is 4.41. The lowest BCUT2D eigenvalue weighted by Crippen LogP contribution is -2.18. The second-order valence-electron chi connectivity index (χ2n) is 4.32. The summed E-state index contributed by atoms with van der Waals surface area (Å²) >= 11 is 0. The molecule has 2 rings (SSSR count). The lowest BCUT2D eigenvalue weighted by Gasteiger charge is -2.11. The first-order valence-electron chi connectivity index (χ1n) is 6.92. The highest BCUT2D eigenvalue weighted by Gasteiger charge is 2.10. The Bertz CT molecular complexity index is 607.